The number of hydrogen-bond donors (Lipinski definition) is 2. The van der Waals surface area contributed by atoms with E-state index in [2.05, 4.69) is 15.7 Å². The standard InChI is InChI=1S/C25H30N4O4/c1-16-7-21(29(28-16)20-5-3-2-4-6-20)27-22(30)15-33-23(31)14-26-24(32)25-11-17-8-18(12-25)10-19(9-17)13-25/h2-7,17-19H,8-15H2,1H3,(H,26,32)(H,27,30). The molecule has 2 amide bonds. The number of ether oxygens (including phenoxy) is 1. The second kappa shape index (κ2) is 8.65. The number of aromatic nitrogens is 2. The van der Waals surface area contributed by atoms with Gasteiger partial charge >= 0.3 is 5.97 Å². The van der Waals surface area contributed by atoms with E-state index in [1.54, 1.807) is 10.7 Å². The average Bonchev–Trinajstić information content (AvgIpc) is 3.15. The third-order valence-corrected chi connectivity index (χ3v) is 7.38. The molecule has 0 atom stereocenters. The summed E-state index contributed by atoms with van der Waals surface area (Å²) < 4.78 is 6.73. The van der Waals surface area contributed by atoms with Crippen molar-refractivity contribution < 1.29 is 19.1 Å². The van der Waals surface area contributed by atoms with Gasteiger partial charge in [0, 0.05) is 11.5 Å². The lowest BCUT2D eigenvalue weighted by molar-refractivity contribution is -0.152. The highest BCUT2D eigenvalue weighted by atomic mass is 16.5. The lowest BCUT2D eigenvalue weighted by Gasteiger charge is -2.55. The van der Waals surface area contributed by atoms with Crippen molar-refractivity contribution in [2.75, 3.05) is 18.5 Å². The van der Waals surface area contributed by atoms with Gasteiger partial charge in [-0.3, -0.25) is 14.4 Å². The maximum absolute atomic E-state index is 12.9. The van der Waals surface area contributed by atoms with Crippen LogP contribution in [0.3, 0.4) is 0 Å². The van der Waals surface area contributed by atoms with Crippen LogP contribution in [0, 0.1) is 30.1 Å². The second-order valence-corrected chi connectivity index (χ2v) is 10.0. The van der Waals surface area contributed by atoms with Crippen LogP contribution in [0.25, 0.3) is 5.69 Å². The molecule has 0 radical (unpaired) electrons. The molecule has 4 saturated carbocycles. The number of aryl methyl sites for hydroxylation is 1. The van der Waals surface area contributed by atoms with Gasteiger partial charge in [0.1, 0.15) is 12.4 Å². The van der Waals surface area contributed by atoms with Gasteiger partial charge in [0.05, 0.1) is 11.4 Å². The Morgan fingerprint density at radius 2 is 1.70 bits per heavy atom. The summed E-state index contributed by atoms with van der Waals surface area (Å²) in [5.41, 5.74) is 1.25. The fourth-order valence-electron chi connectivity index (χ4n) is 6.46. The molecule has 6 rings (SSSR count). The van der Waals surface area contributed by atoms with E-state index >= 15 is 0 Å². The molecule has 2 N–H and O–H groups in total. The highest BCUT2D eigenvalue weighted by Crippen LogP contribution is 2.60. The summed E-state index contributed by atoms with van der Waals surface area (Å²) in [6.45, 7) is 1.20. The van der Waals surface area contributed by atoms with Crippen molar-refractivity contribution in [1.29, 1.82) is 0 Å². The van der Waals surface area contributed by atoms with Crippen LogP contribution < -0.4 is 10.6 Å². The summed E-state index contributed by atoms with van der Waals surface area (Å²) in [5, 5.41) is 9.93. The van der Waals surface area contributed by atoms with E-state index in [0.717, 1.165) is 30.6 Å². The fourth-order valence-corrected chi connectivity index (χ4v) is 6.46. The smallest absolute Gasteiger partial charge is 0.325 e. The van der Waals surface area contributed by atoms with Crippen LogP contribution in [0.4, 0.5) is 5.82 Å². The number of para-hydroxylation sites is 1. The van der Waals surface area contributed by atoms with Gasteiger partial charge < -0.3 is 15.4 Å². The molecule has 4 aliphatic rings. The Morgan fingerprint density at radius 3 is 2.33 bits per heavy atom. The Kier molecular flexibility index (Phi) is 5.68. The van der Waals surface area contributed by atoms with E-state index in [-0.39, 0.29) is 17.9 Å². The molecule has 0 unspecified atom stereocenters. The minimum Gasteiger partial charge on any atom is -0.454 e. The SMILES string of the molecule is Cc1cc(NC(=O)COC(=O)CNC(=O)C23CC4CC(CC(C4)C2)C3)n(-c2ccccc2)n1. The minimum absolute atomic E-state index is 0.0229. The van der Waals surface area contributed by atoms with Gasteiger partial charge in [0.25, 0.3) is 5.91 Å². The Bertz CT molecular complexity index is 1030. The van der Waals surface area contributed by atoms with Crippen molar-refractivity contribution in [2.45, 2.75) is 45.4 Å². The van der Waals surface area contributed by atoms with Crippen molar-refractivity contribution in [3.8, 4) is 5.69 Å². The van der Waals surface area contributed by atoms with Crippen LogP contribution in [0.2, 0.25) is 0 Å². The first-order valence-electron chi connectivity index (χ1n) is 11.8. The Hall–Kier alpha value is -3.16. The maximum atomic E-state index is 12.9. The number of nitrogens with one attached hydrogen (secondary N) is 2. The number of benzene rings is 1. The Balaban J connectivity index is 1.10. The molecule has 0 spiro atoms. The normalized spacial score (nSPS) is 27.2. The summed E-state index contributed by atoms with van der Waals surface area (Å²) in [7, 11) is 0. The van der Waals surface area contributed by atoms with Crippen LogP contribution in [0.5, 0.6) is 0 Å². The highest BCUT2D eigenvalue weighted by Gasteiger charge is 2.54. The number of amides is 2. The van der Waals surface area contributed by atoms with Crippen LogP contribution >= 0.6 is 0 Å². The molecule has 4 fully saturated rings. The molecule has 4 bridgehead atoms. The largest absolute Gasteiger partial charge is 0.454 e. The van der Waals surface area contributed by atoms with Gasteiger partial charge in [-0.05, 0) is 75.3 Å². The molecule has 1 aromatic carbocycles. The van der Waals surface area contributed by atoms with Crippen LogP contribution in [-0.4, -0.2) is 40.7 Å². The molecular formula is C25H30N4O4. The Labute approximate surface area is 193 Å². The van der Waals surface area contributed by atoms with Crippen molar-refractivity contribution in [3.63, 3.8) is 0 Å². The molecule has 8 heteroatoms. The van der Waals surface area contributed by atoms with E-state index < -0.39 is 18.5 Å². The third-order valence-electron chi connectivity index (χ3n) is 7.38. The average molecular weight is 451 g/mol. The maximum Gasteiger partial charge on any atom is 0.325 e. The number of carbonyl (C=O) groups excluding carboxylic acids is 3. The van der Waals surface area contributed by atoms with Crippen LogP contribution in [0.15, 0.2) is 36.4 Å². The van der Waals surface area contributed by atoms with Gasteiger partial charge in [0.2, 0.25) is 5.91 Å². The predicted molar refractivity (Wildman–Crippen MR) is 122 cm³/mol. The highest BCUT2D eigenvalue weighted by molar-refractivity contribution is 5.93. The number of nitrogens with zero attached hydrogens (tertiary/aromatic N) is 2. The first-order valence-corrected chi connectivity index (χ1v) is 11.8. The van der Waals surface area contributed by atoms with E-state index in [0.29, 0.717) is 23.6 Å². The molecule has 0 aliphatic heterocycles. The van der Waals surface area contributed by atoms with Gasteiger partial charge in [-0.2, -0.15) is 5.10 Å². The van der Waals surface area contributed by atoms with Crippen molar-refractivity contribution in [1.82, 2.24) is 15.1 Å². The van der Waals surface area contributed by atoms with Crippen LogP contribution in [0.1, 0.15) is 44.2 Å². The lowest BCUT2D eigenvalue weighted by atomic mass is 9.49. The lowest BCUT2D eigenvalue weighted by Crippen LogP contribution is -2.54. The number of hydrogen-bond acceptors (Lipinski definition) is 5. The molecule has 4 aliphatic carbocycles. The minimum atomic E-state index is -0.615. The first kappa shape index (κ1) is 21.7. The molecule has 33 heavy (non-hydrogen) atoms. The van der Waals surface area contributed by atoms with E-state index in [4.69, 9.17) is 4.74 Å². The summed E-state index contributed by atoms with van der Waals surface area (Å²) in [6.07, 6.45) is 6.59. The van der Waals surface area contributed by atoms with E-state index in [1.165, 1.54) is 19.3 Å². The molecule has 8 nitrogen and oxygen atoms in total. The van der Waals surface area contributed by atoms with E-state index in [1.807, 2.05) is 37.3 Å². The quantitative estimate of drug-likeness (QED) is 0.632. The van der Waals surface area contributed by atoms with Gasteiger partial charge in [-0.25, -0.2) is 4.68 Å². The molecule has 2 aromatic rings. The zero-order valence-corrected chi connectivity index (χ0v) is 18.9. The fraction of sp³-hybridized carbons (Fsp3) is 0.520. The molecule has 174 valence electrons. The first-order chi connectivity index (χ1) is 15.9. The summed E-state index contributed by atoms with van der Waals surface area (Å²) in [6, 6.07) is 11.2. The second-order valence-electron chi connectivity index (χ2n) is 10.0. The van der Waals surface area contributed by atoms with Crippen molar-refractivity contribution in [3.05, 3.63) is 42.1 Å². The summed E-state index contributed by atoms with van der Waals surface area (Å²) >= 11 is 0. The van der Waals surface area contributed by atoms with Gasteiger partial charge in [0.15, 0.2) is 6.61 Å². The third kappa shape index (κ3) is 4.51. The van der Waals surface area contributed by atoms with E-state index in [9.17, 15) is 14.4 Å². The van der Waals surface area contributed by atoms with Gasteiger partial charge in [-0.1, -0.05) is 18.2 Å². The summed E-state index contributed by atoms with van der Waals surface area (Å²) in [4.78, 5) is 37.5. The van der Waals surface area contributed by atoms with Crippen molar-refractivity contribution in [2.24, 2.45) is 23.2 Å². The Morgan fingerprint density at radius 1 is 1.06 bits per heavy atom. The van der Waals surface area contributed by atoms with Crippen LogP contribution in [-0.2, 0) is 19.1 Å². The zero-order chi connectivity index (χ0) is 23.0. The monoisotopic (exact) mass is 450 g/mol. The predicted octanol–water partition coefficient (Wildman–Crippen LogP) is 3.00. The number of anilines is 1. The zero-order valence-electron chi connectivity index (χ0n) is 18.9. The number of carbonyl (C=O) groups is 3. The summed E-state index contributed by atoms with van der Waals surface area (Å²) in [5.74, 6) is 1.37. The van der Waals surface area contributed by atoms with Gasteiger partial charge in [-0.15, -0.1) is 0 Å². The number of rotatable bonds is 7. The molecule has 0 saturated heterocycles. The molecule has 1 heterocycles. The van der Waals surface area contributed by atoms with Crippen molar-refractivity contribution >= 4 is 23.6 Å². The molecular weight excluding hydrogens is 420 g/mol. The molecule has 1 aromatic heterocycles. The number of esters is 1. The topological polar surface area (TPSA) is 102 Å².